The van der Waals surface area contributed by atoms with Gasteiger partial charge in [-0.1, -0.05) is 0 Å². The SMILES string of the molecule is O=C(Nc1ccc2c(c1)[C@@H]1C[C@H](CC(=O)N3CCOCC3)O[C@@H](CO)[C@@H]1O2)C1CCOCC1. The number of nitrogens with one attached hydrogen (secondary N) is 1. The molecule has 4 atom stereocenters. The molecule has 9 nitrogen and oxygen atoms in total. The average molecular weight is 461 g/mol. The number of fused-ring (bicyclic) bond motifs is 3. The minimum absolute atomic E-state index is 0.00618. The van der Waals surface area contributed by atoms with Gasteiger partial charge in [0.1, 0.15) is 18.0 Å². The van der Waals surface area contributed by atoms with Gasteiger partial charge in [0, 0.05) is 49.4 Å². The molecule has 0 aromatic heterocycles. The number of amides is 2. The lowest BCUT2D eigenvalue weighted by Crippen LogP contribution is -2.48. The van der Waals surface area contributed by atoms with Crippen molar-refractivity contribution in [3.05, 3.63) is 23.8 Å². The van der Waals surface area contributed by atoms with Crippen LogP contribution < -0.4 is 10.1 Å². The predicted octanol–water partition coefficient (Wildman–Crippen LogP) is 1.29. The standard InChI is InChI=1S/C24H32N2O7/c27-14-21-23-19(12-17(32-21)13-22(28)26-5-9-31-10-6-26)18-11-16(1-2-20(18)33-23)25-24(29)15-3-7-30-8-4-15/h1-2,11,15,17,19,21,23,27H,3-10,12-14H2,(H,25,29)/t17-,19+,21+,23-/m1/s1. The van der Waals surface area contributed by atoms with Gasteiger partial charge in [-0.2, -0.15) is 0 Å². The Morgan fingerprint density at radius 2 is 1.85 bits per heavy atom. The zero-order valence-electron chi connectivity index (χ0n) is 18.7. The Kier molecular flexibility index (Phi) is 6.82. The molecule has 9 heteroatoms. The third kappa shape index (κ3) is 4.87. The fourth-order valence-corrected chi connectivity index (χ4v) is 5.31. The Bertz CT molecular complexity index is 866. The molecular formula is C24H32N2O7. The number of morpholine rings is 1. The molecule has 180 valence electrons. The van der Waals surface area contributed by atoms with Gasteiger partial charge >= 0.3 is 0 Å². The van der Waals surface area contributed by atoms with E-state index in [4.69, 9.17) is 18.9 Å². The number of nitrogens with zero attached hydrogens (tertiary/aromatic N) is 1. The summed E-state index contributed by atoms with van der Waals surface area (Å²) < 4.78 is 22.9. The van der Waals surface area contributed by atoms with Gasteiger partial charge < -0.3 is 34.3 Å². The molecule has 0 spiro atoms. The van der Waals surface area contributed by atoms with E-state index in [-0.39, 0.29) is 48.9 Å². The van der Waals surface area contributed by atoms with Crippen molar-refractivity contribution in [2.75, 3.05) is 51.4 Å². The number of hydrogen-bond acceptors (Lipinski definition) is 7. The van der Waals surface area contributed by atoms with Gasteiger partial charge in [0.05, 0.1) is 32.3 Å². The zero-order chi connectivity index (χ0) is 22.8. The first kappa shape index (κ1) is 22.6. The topological polar surface area (TPSA) is 107 Å². The van der Waals surface area contributed by atoms with E-state index in [9.17, 15) is 14.7 Å². The molecule has 0 unspecified atom stereocenters. The number of hydrogen-bond donors (Lipinski definition) is 2. The van der Waals surface area contributed by atoms with Crippen LogP contribution in [0, 0.1) is 5.92 Å². The van der Waals surface area contributed by atoms with Crippen LogP contribution in [-0.4, -0.2) is 86.3 Å². The van der Waals surface area contributed by atoms with Gasteiger partial charge in [0.25, 0.3) is 0 Å². The molecule has 4 aliphatic heterocycles. The van der Waals surface area contributed by atoms with E-state index in [1.807, 2.05) is 23.1 Å². The number of benzene rings is 1. The molecule has 1 aromatic carbocycles. The summed E-state index contributed by atoms with van der Waals surface area (Å²) in [6.45, 7) is 3.38. The molecule has 1 aromatic rings. The molecule has 0 saturated carbocycles. The van der Waals surface area contributed by atoms with E-state index >= 15 is 0 Å². The molecule has 0 bridgehead atoms. The van der Waals surface area contributed by atoms with E-state index in [2.05, 4.69) is 5.32 Å². The summed E-state index contributed by atoms with van der Waals surface area (Å²) in [5.41, 5.74) is 1.73. The van der Waals surface area contributed by atoms with Crippen molar-refractivity contribution in [3.63, 3.8) is 0 Å². The molecule has 2 N–H and O–H groups in total. The lowest BCUT2D eigenvalue weighted by Gasteiger charge is -2.38. The number of ether oxygens (including phenoxy) is 4. The molecule has 3 saturated heterocycles. The van der Waals surface area contributed by atoms with Crippen molar-refractivity contribution in [1.82, 2.24) is 4.90 Å². The van der Waals surface area contributed by atoms with Crippen LogP contribution in [0.25, 0.3) is 0 Å². The summed E-state index contributed by atoms with van der Waals surface area (Å²) in [5.74, 6) is 0.774. The highest BCUT2D eigenvalue weighted by Gasteiger charge is 2.46. The molecule has 3 fully saturated rings. The Balaban J connectivity index is 1.28. The predicted molar refractivity (Wildman–Crippen MR) is 118 cm³/mol. The van der Waals surface area contributed by atoms with Gasteiger partial charge in [-0.25, -0.2) is 0 Å². The lowest BCUT2D eigenvalue weighted by molar-refractivity contribution is -0.151. The molecule has 5 rings (SSSR count). The van der Waals surface area contributed by atoms with Crippen LogP contribution >= 0.6 is 0 Å². The Labute approximate surface area is 193 Å². The zero-order valence-corrected chi connectivity index (χ0v) is 18.7. The second-order valence-corrected chi connectivity index (χ2v) is 9.23. The second-order valence-electron chi connectivity index (χ2n) is 9.23. The lowest BCUT2D eigenvalue weighted by atomic mass is 9.84. The Morgan fingerprint density at radius 3 is 2.61 bits per heavy atom. The molecule has 33 heavy (non-hydrogen) atoms. The van der Waals surface area contributed by atoms with Crippen LogP contribution in [0.15, 0.2) is 18.2 Å². The fraction of sp³-hybridized carbons (Fsp3) is 0.667. The molecule has 4 heterocycles. The highest BCUT2D eigenvalue weighted by atomic mass is 16.6. The minimum Gasteiger partial charge on any atom is -0.487 e. The number of aliphatic hydroxyl groups excluding tert-OH is 1. The van der Waals surface area contributed by atoms with Crippen molar-refractivity contribution >= 4 is 17.5 Å². The van der Waals surface area contributed by atoms with E-state index in [0.717, 1.165) is 29.8 Å². The molecule has 2 amide bonds. The number of anilines is 1. The summed E-state index contributed by atoms with van der Waals surface area (Å²) in [5, 5.41) is 13.0. The van der Waals surface area contributed by atoms with Crippen molar-refractivity contribution in [2.45, 2.75) is 49.9 Å². The highest BCUT2D eigenvalue weighted by molar-refractivity contribution is 5.92. The van der Waals surface area contributed by atoms with E-state index in [0.29, 0.717) is 45.9 Å². The summed E-state index contributed by atoms with van der Waals surface area (Å²) in [7, 11) is 0. The summed E-state index contributed by atoms with van der Waals surface area (Å²) in [6, 6.07) is 5.69. The number of aliphatic hydroxyl groups is 1. The van der Waals surface area contributed by atoms with E-state index in [1.165, 1.54) is 0 Å². The minimum atomic E-state index is -0.501. The third-order valence-corrected chi connectivity index (χ3v) is 7.13. The maximum Gasteiger partial charge on any atom is 0.227 e. The van der Waals surface area contributed by atoms with Crippen LogP contribution in [0.2, 0.25) is 0 Å². The van der Waals surface area contributed by atoms with Crippen molar-refractivity contribution in [3.8, 4) is 5.75 Å². The number of carbonyl (C=O) groups is 2. The maximum absolute atomic E-state index is 12.8. The van der Waals surface area contributed by atoms with E-state index < -0.39 is 6.10 Å². The quantitative estimate of drug-likeness (QED) is 0.682. The first-order valence-electron chi connectivity index (χ1n) is 11.9. The Morgan fingerprint density at radius 1 is 1.09 bits per heavy atom. The first-order valence-corrected chi connectivity index (χ1v) is 11.9. The van der Waals surface area contributed by atoms with E-state index in [1.54, 1.807) is 0 Å². The Hall–Kier alpha value is -2.20. The van der Waals surface area contributed by atoms with Crippen LogP contribution in [0.4, 0.5) is 5.69 Å². The maximum atomic E-state index is 12.8. The van der Waals surface area contributed by atoms with Gasteiger partial charge in [-0.05, 0) is 37.5 Å². The van der Waals surface area contributed by atoms with Crippen molar-refractivity contribution < 1.29 is 33.6 Å². The van der Waals surface area contributed by atoms with Gasteiger partial charge in [0.15, 0.2) is 0 Å². The monoisotopic (exact) mass is 460 g/mol. The first-order chi connectivity index (χ1) is 16.1. The van der Waals surface area contributed by atoms with Gasteiger partial charge in [0.2, 0.25) is 11.8 Å². The normalized spacial score (nSPS) is 29.7. The van der Waals surface area contributed by atoms with Crippen molar-refractivity contribution in [1.29, 1.82) is 0 Å². The molecule has 0 aliphatic carbocycles. The van der Waals surface area contributed by atoms with Gasteiger partial charge in [-0.3, -0.25) is 9.59 Å². The largest absolute Gasteiger partial charge is 0.487 e. The summed E-state index contributed by atoms with van der Waals surface area (Å²) >= 11 is 0. The van der Waals surface area contributed by atoms with Crippen LogP contribution in [0.1, 0.15) is 37.2 Å². The molecule has 0 radical (unpaired) electrons. The van der Waals surface area contributed by atoms with Gasteiger partial charge in [-0.15, -0.1) is 0 Å². The molecular weight excluding hydrogens is 428 g/mol. The molecule has 4 aliphatic rings. The van der Waals surface area contributed by atoms with Crippen LogP contribution in [0.3, 0.4) is 0 Å². The fourth-order valence-electron chi connectivity index (χ4n) is 5.31. The number of rotatable bonds is 5. The highest BCUT2D eigenvalue weighted by Crippen LogP contribution is 2.47. The smallest absolute Gasteiger partial charge is 0.227 e. The average Bonchev–Trinajstić information content (AvgIpc) is 3.22. The van der Waals surface area contributed by atoms with Crippen LogP contribution in [0.5, 0.6) is 5.75 Å². The third-order valence-electron chi connectivity index (χ3n) is 7.13. The summed E-state index contributed by atoms with van der Waals surface area (Å²) in [4.78, 5) is 27.3. The van der Waals surface area contributed by atoms with Crippen LogP contribution in [-0.2, 0) is 23.8 Å². The second kappa shape index (κ2) is 9.97. The summed E-state index contributed by atoms with van der Waals surface area (Å²) in [6.07, 6.45) is 1.27. The number of carbonyl (C=O) groups excluding carboxylic acids is 2. The van der Waals surface area contributed by atoms with Crippen molar-refractivity contribution in [2.24, 2.45) is 5.92 Å².